The number of aromatic nitrogens is 2. The van der Waals surface area contributed by atoms with E-state index in [2.05, 4.69) is 5.16 Å². The van der Waals surface area contributed by atoms with E-state index in [0.29, 0.717) is 22.1 Å². The fourth-order valence-corrected chi connectivity index (χ4v) is 5.85. The van der Waals surface area contributed by atoms with Crippen LogP contribution < -0.4 is 4.74 Å². The van der Waals surface area contributed by atoms with Gasteiger partial charge in [0.05, 0.1) is 52.1 Å². The maximum Gasteiger partial charge on any atom is 0.417 e. The molecule has 0 radical (unpaired) electrons. The number of nitriles is 1. The summed E-state index contributed by atoms with van der Waals surface area (Å²) < 4.78 is 58.9. The van der Waals surface area contributed by atoms with Crippen LogP contribution in [0.3, 0.4) is 0 Å². The number of ether oxygens (including phenoxy) is 2. The van der Waals surface area contributed by atoms with E-state index in [1.165, 1.54) is 19.1 Å². The highest BCUT2D eigenvalue weighted by atomic mass is 35.5. The average molecular weight is 562 g/mol. The summed E-state index contributed by atoms with van der Waals surface area (Å²) in [6.07, 6.45) is -5.83. The molecule has 0 saturated carbocycles. The van der Waals surface area contributed by atoms with Crippen molar-refractivity contribution in [3.05, 3.63) is 63.7 Å². The van der Waals surface area contributed by atoms with E-state index in [-0.39, 0.29) is 42.1 Å². The van der Waals surface area contributed by atoms with E-state index in [9.17, 15) is 28.5 Å². The van der Waals surface area contributed by atoms with Crippen molar-refractivity contribution in [3.8, 4) is 29.4 Å². The lowest BCUT2D eigenvalue weighted by Gasteiger charge is -2.26. The summed E-state index contributed by atoms with van der Waals surface area (Å²) in [6, 6.07) is 9.21. The normalized spacial score (nSPS) is 23.8. The Morgan fingerprint density at radius 2 is 1.95 bits per heavy atom. The Kier molecular flexibility index (Phi) is 5.39. The number of hydrogen-bond acceptors (Lipinski definition) is 8. The standard InChI is InChI=1S/C26H19ClF3N3O6/c1-24-18(34)10-25(39-24,6-7-37-21-15-8-13(27)3-5-17(15)38-32-21)20-19(24)22(35)33(23(20)36)14-4-2-12(11-31)16(9-14)26(28,29)30/h2-5,8-9,18,34-36H,6-7,10H2,1H3/t18-,24-,25+/m0/s1. The monoisotopic (exact) mass is 561 g/mol. The van der Waals surface area contributed by atoms with Gasteiger partial charge < -0.3 is 29.3 Å². The number of fused-ring (bicyclic) bond motifs is 6. The lowest BCUT2D eigenvalue weighted by atomic mass is 9.76. The maximum absolute atomic E-state index is 13.6. The second-order valence-corrected chi connectivity index (χ2v) is 10.2. The van der Waals surface area contributed by atoms with Gasteiger partial charge in [0.2, 0.25) is 11.8 Å². The molecule has 3 atom stereocenters. The quantitative estimate of drug-likeness (QED) is 0.301. The number of hydrogen-bond donors (Lipinski definition) is 3. The highest BCUT2D eigenvalue weighted by molar-refractivity contribution is 6.31. The number of alkyl halides is 3. The highest BCUT2D eigenvalue weighted by Crippen LogP contribution is 2.65. The number of benzene rings is 2. The first kappa shape index (κ1) is 25.4. The van der Waals surface area contributed by atoms with E-state index in [4.69, 9.17) is 30.9 Å². The van der Waals surface area contributed by atoms with Crippen molar-refractivity contribution >= 4 is 22.6 Å². The number of rotatable bonds is 5. The number of halogens is 4. The largest absolute Gasteiger partial charge is 0.494 e. The minimum absolute atomic E-state index is 0.0170. The molecule has 2 aromatic heterocycles. The fourth-order valence-electron chi connectivity index (χ4n) is 5.67. The molecule has 1 saturated heterocycles. The van der Waals surface area contributed by atoms with E-state index < -0.39 is 46.4 Å². The van der Waals surface area contributed by atoms with Crippen LogP contribution in [0.15, 0.2) is 40.9 Å². The number of aliphatic hydroxyl groups is 1. The third-order valence-electron chi connectivity index (χ3n) is 7.47. The van der Waals surface area contributed by atoms with E-state index >= 15 is 0 Å². The number of aliphatic hydroxyl groups excluding tert-OH is 1. The zero-order chi connectivity index (χ0) is 27.9. The molecule has 3 N–H and O–H groups in total. The van der Waals surface area contributed by atoms with Crippen molar-refractivity contribution in [3.63, 3.8) is 0 Å². The summed E-state index contributed by atoms with van der Waals surface area (Å²) >= 11 is 6.05. The first-order valence-corrected chi connectivity index (χ1v) is 12.1. The number of nitrogens with zero attached hydrogens (tertiary/aromatic N) is 3. The Balaban J connectivity index is 1.39. The summed E-state index contributed by atoms with van der Waals surface area (Å²) in [5, 5.41) is 47.3. The van der Waals surface area contributed by atoms with Gasteiger partial charge in [-0.3, -0.25) is 4.57 Å². The van der Waals surface area contributed by atoms with Crippen LogP contribution in [-0.2, 0) is 22.1 Å². The topological polar surface area (TPSA) is 134 Å². The molecule has 2 aromatic carbocycles. The lowest BCUT2D eigenvalue weighted by molar-refractivity contribution is -0.137. The third kappa shape index (κ3) is 3.57. The van der Waals surface area contributed by atoms with Crippen LogP contribution in [0.1, 0.15) is 42.0 Å². The average Bonchev–Trinajstić information content (AvgIpc) is 3.55. The van der Waals surface area contributed by atoms with Gasteiger partial charge in [-0.15, -0.1) is 0 Å². The van der Waals surface area contributed by atoms with Crippen LogP contribution in [0.4, 0.5) is 13.2 Å². The molecule has 0 amide bonds. The molecule has 13 heteroatoms. The zero-order valence-electron chi connectivity index (χ0n) is 20.1. The number of aromatic hydroxyl groups is 2. The van der Waals surface area contributed by atoms with Gasteiger partial charge in [0.1, 0.15) is 11.2 Å². The smallest absolute Gasteiger partial charge is 0.417 e. The van der Waals surface area contributed by atoms with Gasteiger partial charge in [0.15, 0.2) is 5.58 Å². The Morgan fingerprint density at radius 3 is 2.67 bits per heavy atom. The van der Waals surface area contributed by atoms with Gasteiger partial charge in [-0.2, -0.15) is 18.4 Å². The predicted molar refractivity (Wildman–Crippen MR) is 129 cm³/mol. The Hall–Kier alpha value is -3.92. The van der Waals surface area contributed by atoms with Gasteiger partial charge in [0, 0.05) is 17.9 Å². The predicted octanol–water partition coefficient (Wildman–Crippen LogP) is 5.25. The van der Waals surface area contributed by atoms with Gasteiger partial charge in [-0.1, -0.05) is 11.6 Å². The molecule has 39 heavy (non-hydrogen) atoms. The van der Waals surface area contributed by atoms with Gasteiger partial charge >= 0.3 is 6.18 Å². The highest BCUT2D eigenvalue weighted by Gasteiger charge is 2.66. The van der Waals surface area contributed by atoms with E-state index in [1.807, 2.05) is 0 Å². The molecule has 1 fully saturated rings. The molecule has 0 aliphatic carbocycles. The van der Waals surface area contributed by atoms with Crippen molar-refractivity contribution in [1.82, 2.24) is 9.72 Å². The zero-order valence-corrected chi connectivity index (χ0v) is 20.8. The van der Waals surface area contributed by atoms with E-state index in [1.54, 1.807) is 18.2 Å². The minimum Gasteiger partial charge on any atom is -0.494 e. The molecule has 2 aliphatic rings. The molecule has 2 aliphatic heterocycles. The van der Waals surface area contributed by atoms with Crippen LogP contribution in [0, 0.1) is 11.3 Å². The second-order valence-electron chi connectivity index (χ2n) is 9.72. The summed E-state index contributed by atoms with van der Waals surface area (Å²) in [6.45, 7) is 1.51. The summed E-state index contributed by atoms with van der Waals surface area (Å²) in [5.41, 5.74) is -4.16. The van der Waals surface area contributed by atoms with Crippen molar-refractivity contribution in [2.75, 3.05) is 6.61 Å². The van der Waals surface area contributed by atoms with Crippen molar-refractivity contribution in [1.29, 1.82) is 5.26 Å². The van der Waals surface area contributed by atoms with Crippen LogP contribution in [-0.4, -0.2) is 37.8 Å². The molecule has 202 valence electrons. The first-order valence-electron chi connectivity index (χ1n) is 11.7. The van der Waals surface area contributed by atoms with Crippen molar-refractivity contribution in [2.24, 2.45) is 0 Å². The van der Waals surface area contributed by atoms with Gasteiger partial charge in [-0.05, 0) is 48.5 Å². The van der Waals surface area contributed by atoms with Crippen molar-refractivity contribution < 1.29 is 42.5 Å². The Morgan fingerprint density at radius 1 is 1.21 bits per heavy atom. The molecule has 0 unspecified atom stereocenters. The van der Waals surface area contributed by atoms with Crippen LogP contribution in [0.25, 0.3) is 16.7 Å². The second kappa shape index (κ2) is 8.29. The molecule has 4 aromatic rings. The molecular formula is C26H19ClF3N3O6. The first-order chi connectivity index (χ1) is 18.4. The van der Waals surface area contributed by atoms with Crippen LogP contribution in [0.5, 0.6) is 17.6 Å². The maximum atomic E-state index is 13.6. The van der Waals surface area contributed by atoms with Crippen LogP contribution in [0.2, 0.25) is 5.02 Å². The van der Waals surface area contributed by atoms with Crippen LogP contribution >= 0.6 is 11.6 Å². The van der Waals surface area contributed by atoms with Gasteiger partial charge in [0.25, 0.3) is 5.88 Å². The molecule has 4 heterocycles. The molecule has 0 spiro atoms. The molecule has 6 rings (SSSR count). The van der Waals surface area contributed by atoms with E-state index in [0.717, 1.165) is 10.6 Å². The van der Waals surface area contributed by atoms with Crippen molar-refractivity contribution in [2.45, 2.75) is 43.2 Å². The molecule has 2 bridgehead atoms. The molecule has 9 nitrogen and oxygen atoms in total. The summed E-state index contributed by atoms with van der Waals surface area (Å²) in [7, 11) is 0. The SMILES string of the molecule is C[C@]12O[C@](CCOc3noc4ccc(Cl)cc34)(C[C@@H]1O)c1c2c(O)n(-c2ccc(C#N)c(C(F)(F)F)c2)c1O. The summed E-state index contributed by atoms with van der Waals surface area (Å²) in [5.74, 6) is -0.957. The molecular weight excluding hydrogens is 543 g/mol. The summed E-state index contributed by atoms with van der Waals surface area (Å²) in [4.78, 5) is 0. The lowest BCUT2D eigenvalue weighted by Crippen LogP contribution is -2.33. The third-order valence-corrected chi connectivity index (χ3v) is 7.71. The fraction of sp³-hybridized carbons (Fsp3) is 0.308. The Bertz CT molecular complexity index is 1690. The minimum atomic E-state index is -4.85. The van der Waals surface area contributed by atoms with Gasteiger partial charge in [-0.25, -0.2) is 0 Å². The Labute approximate surface area is 223 Å².